The van der Waals surface area contributed by atoms with E-state index in [0.29, 0.717) is 47.0 Å². The van der Waals surface area contributed by atoms with Crippen molar-refractivity contribution < 1.29 is 9.32 Å². The monoisotopic (exact) mass is 385 g/mol. The van der Waals surface area contributed by atoms with Crippen LogP contribution >= 0.6 is 0 Å². The van der Waals surface area contributed by atoms with E-state index in [-0.39, 0.29) is 5.54 Å². The van der Waals surface area contributed by atoms with Crippen LogP contribution in [0.1, 0.15) is 51.3 Å². The second-order valence-corrected chi connectivity index (χ2v) is 10.6. The zero-order valence-corrected chi connectivity index (χ0v) is 17.0. The van der Waals surface area contributed by atoms with Gasteiger partial charge in [0.05, 0.1) is 0 Å². The van der Waals surface area contributed by atoms with Gasteiger partial charge < -0.3 is 14.7 Å². The Balaban J connectivity index is 0.991. The van der Waals surface area contributed by atoms with Gasteiger partial charge in [0, 0.05) is 43.7 Å². The lowest BCUT2D eigenvalue weighted by molar-refractivity contribution is -0.126. The topological polar surface area (TPSA) is 74.5 Å². The maximum Gasteiger partial charge on any atom is 0.324 e. The Morgan fingerprint density at radius 3 is 2.57 bits per heavy atom. The van der Waals surface area contributed by atoms with Crippen molar-refractivity contribution in [1.29, 1.82) is 0 Å². The van der Waals surface area contributed by atoms with Crippen LogP contribution < -0.4 is 10.2 Å². The van der Waals surface area contributed by atoms with Gasteiger partial charge in [0.1, 0.15) is 0 Å². The predicted molar refractivity (Wildman–Crippen MR) is 104 cm³/mol. The minimum absolute atomic E-state index is 0.0965. The number of hydrogen-bond acceptors (Lipinski definition) is 6. The highest BCUT2D eigenvalue weighted by Gasteiger charge is 2.62. The van der Waals surface area contributed by atoms with Gasteiger partial charge in [-0.2, -0.15) is 4.98 Å². The maximum atomic E-state index is 12.6. The van der Waals surface area contributed by atoms with Gasteiger partial charge in [-0.1, -0.05) is 5.16 Å². The lowest BCUT2D eigenvalue weighted by Gasteiger charge is -2.49. The van der Waals surface area contributed by atoms with Crippen LogP contribution in [-0.4, -0.2) is 58.7 Å². The van der Waals surface area contributed by atoms with Crippen molar-refractivity contribution in [3.05, 3.63) is 5.82 Å². The average Bonchev–Trinajstić information content (AvgIpc) is 3.05. The molecule has 1 N–H and O–H groups in total. The molecule has 6 rings (SSSR count). The third-order valence-corrected chi connectivity index (χ3v) is 8.49. The van der Waals surface area contributed by atoms with Gasteiger partial charge in [-0.25, -0.2) is 0 Å². The number of fused-ring (bicyclic) bond motifs is 1. The van der Waals surface area contributed by atoms with E-state index in [0.717, 1.165) is 39.0 Å². The van der Waals surface area contributed by atoms with Crippen LogP contribution in [0.15, 0.2) is 4.52 Å². The van der Waals surface area contributed by atoms with E-state index in [2.05, 4.69) is 32.2 Å². The summed E-state index contributed by atoms with van der Waals surface area (Å²) in [5, 5.41) is 7.26. The number of likely N-dealkylation sites (tertiary alicyclic amines) is 1. The summed E-state index contributed by atoms with van der Waals surface area (Å²) in [5.74, 6) is 2.57. The van der Waals surface area contributed by atoms with Crippen molar-refractivity contribution in [2.45, 2.75) is 64.0 Å². The van der Waals surface area contributed by atoms with Gasteiger partial charge in [-0.15, -0.1) is 0 Å². The normalized spacial score (nSPS) is 40.9. The van der Waals surface area contributed by atoms with E-state index in [4.69, 9.17) is 4.52 Å². The minimum atomic E-state index is 0.0965. The Bertz CT molecular complexity index is 784. The highest BCUT2D eigenvalue weighted by atomic mass is 16.5. The Labute approximate surface area is 166 Å². The summed E-state index contributed by atoms with van der Waals surface area (Å²) in [6.45, 7) is 8.42. The number of nitrogens with zero attached hydrogens (tertiary/aromatic N) is 4. The van der Waals surface area contributed by atoms with Crippen LogP contribution in [0.3, 0.4) is 0 Å². The van der Waals surface area contributed by atoms with Gasteiger partial charge in [0.2, 0.25) is 5.91 Å². The number of rotatable bonds is 4. The van der Waals surface area contributed by atoms with Crippen LogP contribution in [0.2, 0.25) is 0 Å². The molecule has 3 atom stereocenters. The Morgan fingerprint density at radius 1 is 1.21 bits per heavy atom. The molecule has 3 heterocycles. The molecule has 5 fully saturated rings. The molecule has 3 aliphatic carbocycles. The first-order valence-electron chi connectivity index (χ1n) is 11.1. The molecule has 2 aliphatic heterocycles. The molecular formula is C21H31N5O2. The van der Waals surface area contributed by atoms with Crippen LogP contribution in [-0.2, 0) is 4.79 Å². The number of aryl methyl sites for hydroxylation is 1. The van der Waals surface area contributed by atoms with Crippen LogP contribution in [0.25, 0.3) is 0 Å². The molecule has 1 aromatic heterocycles. The van der Waals surface area contributed by atoms with Gasteiger partial charge in [-0.05, 0) is 69.6 Å². The molecule has 7 heteroatoms. The summed E-state index contributed by atoms with van der Waals surface area (Å²) < 4.78 is 5.35. The number of carbonyl (C=O) groups is 1. The van der Waals surface area contributed by atoms with E-state index in [1.165, 1.54) is 25.7 Å². The van der Waals surface area contributed by atoms with E-state index in [1.807, 2.05) is 6.92 Å². The SMILES string of the molecule is Cc1noc(N2CCC3(CC(N4C[C@@H]5C(C(=O)NC6(C)CCC6)[C@@H]5C4)C3)C2)n1. The third kappa shape index (κ3) is 2.61. The van der Waals surface area contributed by atoms with Crippen molar-refractivity contribution in [2.24, 2.45) is 23.2 Å². The first kappa shape index (κ1) is 17.2. The summed E-state index contributed by atoms with van der Waals surface area (Å²) in [6, 6.07) is 1.40. The molecule has 1 amide bonds. The van der Waals surface area contributed by atoms with Crippen molar-refractivity contribution >= 4 is 11.9 Å². The molecule has 0 radical (unpaired) electrons. The summed E-state index contributed by atoms with van der Waals surface area (Å²) >= 11 is 0. The molecule has 0 aromatic carbocycles. The lowest BCUT2D eigenvalue weighted by atomic mass is 9.64. The molecule has 7 nitrogen and oxygen atoms in total. The second-order valence-electron chi connectivity index (χ2n) is 10.6. The summed E-state index contributed by atoms with van der Waals surface area (Å²) in [5.41, 5.74) is 0.536. The van der Waals surface area contributed by atoms with Crippen molar-refractivity contribution in [3.63, 3.8) is 0 Å². The largest absolute Gasteiger partial charge is 0.351 e. The smallest absolute Gasteiger partial charge is 0.324 e. The molecule has 1 aromatic rings. The summed E-state index contributed by atoms with van der Waals surface area (Å²) in [7, 11) is 0. The third-order valence-electron chi connectivity index (χ3n) is 8.49. The minimum Gasteiger partial charge on any atom is -0.351 e. The molecule has 1 unspecified atom stereocenters. The Kier molecular flexibility index (Phi) is 3.52. The van der Waals surface area contributed by atoms with Gasteiger partial charge >= 0.3 is 6.01 Å². The quantitative estimate of drug-likeness (QED) is 0.854. The zero-order chi connectivity index (χ0) is 19.1. The summed E-state index contributed by atoms with van der Waals surface area (Å²) in [6.07, 6.45) is 7.36. The van der Waals surface area contributed by atoms with Crippen molar-refractivity contribution in [1.82, 2.24) is 20.4 Å². The maximum absolute atomic E-state index is 12.6. The highest BCUT2D eigenvalue weighted by Crippen LogP contribution is 2.57. The van der Waals surface area contributed by atoms with Crippen LogP contribution in [0, 0.1) is 30.1 Å². The fourth-order valence-corrected chi connectivity index (χ4v) is 6.50. The molecule has 5 aliphatic rings. The Morgan fingerprint density at radius 2 is 1.96 bits per heavy atom. The number of amides is 1. The fourth-order valence-electron chi connectivity index (χ4n) is 6.50. The van der Waals surface area contributed by atoms with Gasteiger partial charge in [-0.3, -0.25) is 9.69 Å². The van der Waals surface area contributed by atoms with Crippen molar-refractivity contribution in [3.8, 4) is 0 Å². The molecule has 152 valence electrons. The highest BCUT2D eigenvalue weighted by molar-refractivity contribution is 5.83. The van der Waals surface area contributed by atoms with E-state index >= 15 is 0 Å². The molecule has 3 saturated carbocycles. The summed E-state index contributed by atoms with van der Waals surface area (Å²) in [4.78, 5) is 21.9. The van der Waals surface area contributed by atoms with Crippen molar-refractivity contribution in [2.75, 3.05) is 31.1 Å². The molecule has 28 heavy (non-hydrogen) atoms. The number of nitrogens with one attached hydrogen (secondary N) is 1. The molecule has 0 bridgehead atoms. The number of carbonyl (C=O) groups excluding carboxylic acids is 1. The van der Waals surface area contributed by atoms with Gasteiger partial charge in [0.15, 0.2) is 5.82 Å². The van der Waals surface area contributed by atoms with E-state index in [9.17, 15) is 4.79 Å². The predicted octanol–water partition coefficient (Wildman–Crippen LogP) is 1.97. The Hall–Kier alpha value is -1.63. The first-order chi connectivity index (χ1) is 13.4. The number of piperidine rings is 1. The van der Waals surface area contributed by atoms with Crippen LogP contribution in [0.5, 0.6) is 0 Å². The van der Waals surface area contributed by atoms with E-state index < -0.39 is 0 Å². The van der Waals surface area contributed by atoms with E-state index in [1.54, 1.807) is 0 Å². The number of anilines is 1. The average molecular weight is 386 g/mol. The number of hydrogen-bond donors (Lipinski definition) is 1. The fraction of sp³-hybridized carbons (Fsp3) is 0.857. The number of aromatic nitrogens is 2. The van der Waals surface area contributed by atoms with Crippen LogP contribution in [0.4, 0.5) is 6.01 Å². The van der Waals surface area contributed by atoms with Gasteiger partial charge in [0.25, 0.3) is 0 Å². The first-order valence-corrected chi connectivity index (χ1v) is 11.1. The molecular weight excluding hydrogens is 354 g/mol. The molecule has 1 spiro atoms. The standard InChI is InChI=1S/C21H31N5O2/c1-13-22-19(28-24-13)25-7-6-21(12-25)8-14(9-21)26-10-15-16(11-26)17(15)18(27)23-20(2)4-3-5-20/h14-17H,3-12H2,1-2H3,(H,23,27)/t14?,15-,16+,17?,21?. The lowest BCUT2D eigenvalue weighted by Crippen LogP contribution is -2.54. The zero-order valence-electron chi connectivity index (χ0n) is 17.0. The molecule has 2 saturated heterocycles. The second kappa shape index (κ2) is 5.71.